The molecule has 0 bridgehead atoms. The minimum absolute atomic E-state index is 0.190. The van der Waals surface area contributed by atoms with Gasteiger partial charge in [0.25, 0.3) is 5.56 Å². The van der Waals surface area contributed by atoms with Crippen molar-refractivity contribution in [3.05, 3.63) is 63.1 Å². The van der Waals surface area contributed by atoms with E-state index in [1.165, 1.54) is 29.8 Å². The molecule has 4 aromatic rings. The number of aromatic nitrogens is 4. The number of rotatable bonds is 3. The average molecular weight is 501 g/mol. The predicted octanol–water partition coefficient (Wildman–Crippen LogP) is 3.61. The van der Waals surface area contributed by atoms with Crippen LogP contribution in [0.4, 0.5) is 13.2 Å². The molecule has 0 aliphatic heterocycles. The lowest BCUT2D eigenvalue weighted by atomic mass is 10.1. The number of pyridine rings is 1. The van der Waals surface area contributed by atoms with Crippen molar-refractivity contribution in [2.24, 2.45) is 0 Å². The molecule has 156 valence electrons. The summed E-state index contributed by atoms with van der Waals surface area (Å²) >= 11 is 3.26. The minimum atomic E-state index is -4.64. The smallest absolute Gasteiger partial charge is 0.287 e. The number of nitrogens with zero attached hydrogens (tertiary/aromatic N) is 4. The zero-order chi connectivity index (χ0) is 21.8. The van der Waals surface area contributed by atoms with Gasteiger partial charge in [-0.05, 0) is 40.2 Å². The van der Waals surface area contributed by atoms with Crippen LogP contribution < -0.4 is 5.56 Å². The Labute approximate surface area is 175 Å². The molecule has 7 nitrogen and oxygen atoms in total. The van der Waals surface area contributed by atoms with Crippen LogP contribution in [-0.4, -0.2) is 33.3 Å². The van der Waals surface area contributed by atoms with Gasteiger partial charge in [0.05, 0.1) is 22.9 Å². The second kappa shape index (κ2) is 6.91. The highest BCUT2D eigenvalue weighted by molar-refractivity contribution is 9.10. The molecular weight excluding hydrogens is 489 g/mol. The highest BCUT2D eigenvalue weighted by atomic mass is 79.9. The van der Waals surface area contributed by atoms with Gasteiger partial charge in [-0.2, -0.15) is 23.0 Å². The lowest BCUT2D eigenvalue weighted by Crippen LogP contribution is -2.24. The quantitative estimate of drug-likeness (QED) is 0.428. The Morgan fingerprint density at radius 2 is 1.90 bits per heavy atom. The maximum absolute atomic E-state index is 13.1. The molecule has 4 rings (SSSR count). The van der Waals surface area contributed by atoms with Crippen molar-refractivity contribution in [3.8, 4) is 5.82 Å². The minimum Gasteiger partial charge on any atom is -0.287 e. The Bertz CT molecular complexity index is 1480. The molecule has 0 fully saturated rings. The van der Waals surface area contributed by atoms with Crippen LogP contribution in [0.5, 0.6) is 0 Å². The van der Waals surface area contributed by atoms with Crippen molar-refractivity contribution in [1.29, 1.82) is 0 Å². The topological polar surface area (TPSA) is 86.3 Å². The van der Waals surface area contributed by atoms with Gasteiger partial charge in [-0.1, -0.05) is 13.0 Å². The fraction of sp³-hybridized carbons (Fsp3) is 0.167. The van der Waals surface area contributed by atoms with Gasteiger partial charge < -0.3 is 0 Å². The molecule has 0 saturated heterocycles. The average Bonchev–Trinajstić information content (AvgIpc) is 3.06. The van der Waals surface area contributed by atoms with Crippen molar-refractivity contribution < 1.29 is 21.6 Å². The van der Waals surface area contributed by atoms with Crippen LogP contribution in [0, 0.1) is 0 Å². The second-order valence-corrected chi connectivity index (χ2v) is 9.49. The molecule has 0 unspecified atom stereocenters. The van der Waals surface area contributed by atoms with E-state index in [1.54, 1.807) is 6.07 Å². The van der Waals surface area contributed by atoms with Gasteiger partial charge in [-0.15, -0.1) is 0 Å². The number of benzene rings is 1. The van der Waals surface area contributed by atoms with E-state index in [1.807, 2.05) is 0 Å². The standard InChI is InChI=1S/C18H12BrF3N4O3S/c1-2-30(28,29)17-15(24-14-6-5-12(19)9-25(14)17)26-16(27)13-7-11(18(20,21)22)4-3-10(13)8-23-26/h3-9H,2H2,1H3. The third-order valence-electron chi connectivity index (χ3n) is 4.51. The monoisotopic (exact) mass is 500 g/mol. The van der Waals surface area contributed by atoms with Crippen molar-refractivity contribution in [2.75, 3.05) is 5.75 Å². The summed E-state index contributed by atoms with van der Waals surface area (Å²) in [6.07, 6.45) is -1.97. The first-order valence-corrected chi connectivity index (χ1v) is 11.0. The number of hydrogen-bond acceptors (Lipinski definition) is 5. The van der Waals surface area contributed by atoms with Crippen molar-refractivity contribution in [1.82, 2.24) is 19.2 Å². The van der Waals surface area contributed by atoms with Crippen LogP contribution in [0.25, 0.3) is 22.2 Å². The number of alkyl halides is 3. The van der Waals surface area contributed by atoms with Crippen LogP contribution in [0.1, 0.15) is 12.5 Å². The number of fused-ring (bicyclic) bond motifs is 2. The number of imidazole rings is 1. The maximum atomic E-state index is 13.1. The molecule has 0 aliphatic carbocycles. The molecule has 0 spiro atoms. The van der Waals surface area contributed by atoms with Gasteiger partial charge in [0.1, 0.15) is 5.65 Å². The van der Waals surface area contributed by atoms with E-state index in [4.69, 9.17) is 0 Å². The Kier molecular flexibility index (Phi) is 4.73. The van der Waals surface area contributed by atoms with Crippen LogP contribution in [0.2, 0.25) is 0 Å². The summed E-state index contributed by atoms with van der Waals surface area (Å²) in [4.78, 5) is 17.2. The van der Waals surface area contributed by atoms with E-state index >= 15 is 0 Å². The molecule has 0 atom stereocenters. The molecule has 1 aromatic carbocycles. The maximum Gasteiger partial charge on any atom is 0.416 e. The van der Waals surface area contributed by atoms with Crippen LogP contribution in [-0.2, 0) is 16.0 Å². The van der Waals surface area contributed by atoms with E-state index in [9.17, 15) is 26.4 Å². The molecule has 0 N–H and O–H groups in total. The van der Waals surface area contributed by atoms with E-state index < -0.39 is 27.1 Å². The van der Waals surface area contributed by atoms with Crippen molar-refractivity contribution in [3.63, 3.8) is 0 Å². The summed E-state index contributed by atoms with van der Waals surface area (Å²) in [5, 5.41) is 3.63. The summed E-state index contributed by atoms with van der Waals surface area (Å²) in [5.74, 6) is -0.555. The number of hydrogen-bond donors (Lipinski definition) is 0. The molecule has 3 heterocycles. The summed E-state index contributed by atoms with van der Waals surface area (Å²) in [5.41, 5.74) is -1.67. The first-order chi connectivity index (χ1) is 14.0. The van der Waals surface area contributed by atoms with Crippen molar-refractivity contribution in [2.45, 2.75) is 18.1 Å². The van der Waals surface area contributed by atoms with Gasteiger partial charge in [-0.3, -0.25) is 9.20 Å². The molecule has 0 aliphatic rings. The van der Waals surface area contributed by atoms with Gasteiger partial charge in [0.15, 0.2) is 20.7 Å². The molecule has 12 heteroatoms. The normalized spacial score (nSPS) is 12.7. The SMILES string of the molecule is CCS(=O)(=O)c1c(-n2ncc3ccc(C(F)(F)F)cc3c2=O)nc2ccc(Br)cn12. The van der Waals surface area contributed by atoms with Crippen LogP contribution in [0.3, 0.4) is 0 Å². The van der Waals surface area contributed by atoms with Gasteiger partial charge in [0, 0.05) is 16.1 Å². The second-order valence-electron chi connectivity index (χ2n) is 6.38. The van der Waals surface area contributed by atoms with E-state index in [0.29, 0.717) is 9.15 Å². The fourth-order valence-corrected chi connectivity index (χ4v) is 4.48. The highest BCUT2D eigenvalue weighted by Crippen LogP contribution is 2.31. The van der Waals surface area contributed by atoms with Crippen molar-refractivity contribution >= 4 is 42.2 Å². The molecule has 30 heavy (non-hydrogen) atoms. The van der Waals surface area contributed by atoms with Gasteiger partial charge in [0.2, 0.25) is 0 Å². The fourth-order valence-electron chi connectivity index (χ4n) is 3.02. The number of sulfone groups is 1. The third kappa shape index (κ3) is 3.29. The first kappa shape index (κ1) is 20.5. The van der Waals surface area contributed by atoms with Gasteiger partial charge in [-0.25, -0.2) is 13.4 Å². The first-order valence-electron chi connectivity index (χ1n) is 8.53. The van der Waals surface area contributed by atoms with E-state index in [0.717, 1.165) is 18.2 Å². The molecule has 3 aromatic heterocycles. The predicted molar refractivity (Wildman–Crippen MR) is 107 cm³/mol. The summed E-state index contributed by atoms with van der Waals surface area (Å²) in [7, 11) is -3.88. The molecular formula is C18H12BrF3N4O3S. The van der Waals surface area contributed by atoms with E-state index in [-0.39, 0.29) is 33.0 Å². The van der Waals surface area contributed by atoms with Crippen LogP contribution >= 0.6 is 15.9 Å². The zero-order valence-corrected chi connectivity index (χ0v) is 17.6. The molecule has 0 saturated carbocycles. The molecule has 0 radical (unpaired) electrons. The number of halogens is 4. The summed E-state index contributed by atoms with van der Waals surface area (Å²) in [6, 6.07) is 5.89. The Hall–Kier alpha value is -2.73. The Balaban J connectivity index is 2.09. The summed E-state index contributed by atoms with van der Waals surface area (Å²) in [6.45, 7) is 1.43. The van der Waals surface area contributed by atoms with Gasteiger partial charge >= 0.3 is 6.18 Å². The Morgan fingerprint density at radius 1 is 1.17 bits per heavy atom. The lowest BCUT2D eigenvalue weighted by Gasteiger charge is -2.09. The molecule has 0 amide bonds. The zero-order valence-electron chi connectivity index (χ0n) is 15.2. The lowest BCUT2D eigenvalue weighted by molar-refractivity contribution is -0.137. The third-order valence-corrected chi connectivity index (χ3v) is 6.71. The van der Waals surface area contributed by atoms with E-state index in [2.05, 4.69) is 26.0 Å². The largest absolute Gasteiger partial charge is 0.416 e. The Morgan fingerprint density at radius 3 is 2.57 bits per heavy atom. The highest BCUT2D eigenvalue weighted by Gasteiger charge is 2.31. The van der Waals surface area contributed by atoms with Crippen LogP contribution in [0.15, 0.2) is 57.0 Å². The summed E-state index contributed by atoms with van der Waals surface area (Å²) < 4.78 is 67.4.